The van der Waals surface area contributed by atoms with E-state index >= 15 is 0 Å². The van der Waals surface area contributed by atoms with Gasteiger partial charge in [0.05, 0.1) is 0 Å². The Kier molecular flexibility index (Phi) is 7.95. The fraction of sp³-hybridized carbons (Fsp3) is 0.167. The lowest BCUT2D eigenvalue weighted by atomic mass is 9.97. The van der Waals surface area contributed by atoms with Crippen LogP contribution in [0.15, 0.2) is 127 Å². The average molecular weight is 531 g/mol. The molecule has 0 aliphatic heterocycles. The van der Waals surface area contributed by atoms with Gasteiger partial charge in [-0.3, -0.25) is 0 Å². The summed E-state index contributed by atoms with van der Waals surface area (Å²) in [6.45, 7) is 11.9. The SMILES string of the molecule is Cc1ccccc1-c1c(C)cccc1[P@]([P@](c1ccccc1)c1ccc(-c2ccccc2)cc1)C(C)(C)C. The lowest BCUT2D eigenvalue weighted by Gasteiger charge is -2.40. The van der Waals surface area contributed by atoms with E-state index in [0.29, 0.717) is 0 Å². The molecule has 0 fully saturated rings. The molecule has 0 spiro atoms. The summed E-state index contributed by atoms with van der Waals surface area (Å²) in [4.78, 5) is 0. The number of rotatable bonds is 6. The first-order valence-corrected chi connectivity index (χ1v) is 16.7. The van der Waals surface area contributed by atoms with Crippen molar-refractivity contribution < 1.29 is 0 Å². The second-order valence-corrected chi connectivity index (χ2v) is 17.3. The molecule has 0 N–H and O–H groups in total. The van der Waals surface area contributed by atoms with Gasteiger partial charge in [0.2, 0.25) is 0 Å². The van der Waals surface area contributed by atoms with E-state index in [1.807, 2.05) is 0 Å². The molecule has 0 bridgehead atoms. The van der Waals surface area contributed by atoms with Gasteiger partial charge in [-0.25, -0.2) is 0 Å². The van der Waals surface area contributed by atoms with Crippen LogP contribution in [0.5, 0.6) is 0 Å². The third-order valence-electron chi connectivity index (χ3n) is 6.95. The first kappa shape index (κ1) is 26.6. The van der Waals surface area contributed by atoms with Gasteiger partial charge in [-0.1, -0.05) is 148 Å². The quantitative estimate of drug-likeness (QED) is 0.192. The van der Waals surface area contributed by atoms with Crippen molar-refractivity contribution in [1.29, 1.82) is 0 Å². The van der Waals surface area contributed by atoms with Crippen LogP contribution >= 0.6 is 15.2 Å². The van der Waals surface area contributed by atoms with Crippen LogP contribution in [0, 0.1) is 13.8 Å². The summed E-state index contributed by atoms with van der Waals surface area (Å²) in [5, 5.41) is 4.53. The van der Waals surface area contributed by atoms with E-state index in [0.717, 1.165) is 0 Å². The van der Waals surface area contributed by atoms with E-state index in [2.05, 4.69) is 162 Å². The smallest absolute Gasteiger partial charge is 0.00711 e. The first-order chi connectivity index (χ1) is 18.3. The van der Waals surface area contributed by atoms with E-state index in [1.165, 1.54) is 49.3 Å². The minimum atomic E-state index is -0.624. The molecule has 2 atom stereocenters. The average Bonchev–Trinajstić information content (AvgIpc) is 2.93. The van der Waals surface area contributed by atoms with Crippen molar-refractivity contribution in [3.05, 3.63) is 139 Å². The van der Waals surface area contributed by atoms with Gasteiger partial charge in [0.15, 0.2) is 0 Å². The van der Waals surface area contributed by atoms with Crippen LogP contribution in [0.25, 0.3) is 22.3 Å². The maximum absolute atomic E-state index is 2.44. The van der Waals surface area contributed by atoms with Crippen molar-refractivity contribution in [2.75, 3.05) is 0 Å². The lowest BCUT2D eigenvalue weighted by Crippen LogP contribution is -2.25. The van der Waals surface area contributed by atoms with Crippen molar-refractivity contribution >= 4 is 31.1 Å². The van der Waals surface area contributed by atoms with Gasteiger partial charge in [-0.2, -0.15) is 0 Å². The maximum atomic E-state index is 2.44. The molecule has 0 saturated carbocycles. The minimum Gasteiger partial charge on any atom is -0.0622 e. The Bertz CT molecular complexity index is 1500. The van der Waals surface area contributed by atoms with Crippen LogP contribution in [0.4, 0.5) is 0 Å². The summed E-state index contributed by atoms with van der Waals surface area (Å²) in [7, 11) is -1.21. The Labute approximate surface area is 231 Å². The summed E-state index contributed by atoms with van der Waals surface area (Å²) >= 11 is 0. The second-order valence-electron chi connectivity index (χ2n) is 10.8. The first-order valence-electron chi connectivity index (χ1n) is 13.3. The summed E-state index contributed by atoms with van der Waals surface area (Å²) in [5.41, 5.74) is 8.02. The fourth-order valence-corrected chi connectivity index (χ4v) is 14.2. The van der Waals surface area contributed by atoms with Gasteiger partial charge < -0.3 is 0 Å². The molecule has 0 heterocycles. The highest BCUT2D eigenvalue weighted by Gasteiger charge is 2.37. The number of aryl methyl sites for hydroxylation is 2. The van der Waals surface area contributed by atoms with Crippen molar-refractivity contribution in [1.82, 2.24) is 0 Å². The molecular weight excluding hydrogens is 494 g/mol. The van der Waals surface area contributed by atoms with Crippen LogP contribution in [-0.2, 0) is 0 Å². The summed E-state index contributed by atoms with van der Waals surface area (Å²) in [5.74, 6) is 0. The fourth-order valence-electron chi connectivity index (χ4n) is 5.18. The molecule has 0 radical (unpaired) electrons. The van der Waals surface area contributed by atoms with E-state index in [-0.39, 0.29) is 5.16 Å². The van der Waals surface area contributed by atoms with Gasteiger partial charge >= 0.3 is 0 Å². The van der Waals surface area contributed by atoms with E-state index in [1.54, 1.807) is 0 Å². The van der Waals surface area contributed by atoms with E-state index in [4.69, 9.17) is 0 Å². The van der Waals surface area contributed by atoms with Gasteiger partial charge in [0, 0.05) is 0 Å². The third kappa shape index (κ3) is 5.54. The lowest BCUT2D eigenvalue weighted by molar-refractivity contribution is 0.796. The summed E-state index contributed by atoms with van der Waals surface area (Å²) in [6, 6.07) is 47.2. The molecule has 2 heteroatoms. The predicted molar refractivity (Wildman–Crippen MR) is 172 cm³/mol. The normalized spacial score (nSPS) is 13.2. The Hall–Kier alpha value is -3.04. The zero-order valence-electron chi connectivity index (χ0n) is 23.0. The molecular formula is C36H36P2. The zero-order chi connectivity index (χ0) is 26.7. The van der Waals surface area contributed by atoms with Crippen LogP contribution in [-0.4, -0.2) is 5.16 Å². The van der Waals surface area contributed by atoms with Crippen molar-refractivity contribution in [2.45, 2.75) is 39.8 Å². The molecule has 5 aromatic rings. The highest BCUT2D eigenvalue weighted by Crippen LogP contribution is 2.73. The van der Waals surface area contributed by atoms with Crippen molar-refractivity contribution in [3.8, 4) is 22.3 Å². The topological polar surface area (TPSA) is 0 Å². The highest BCUT2D eigenvalue weighted by atomic mass is 32.1. The van der Waals surface area contributed by atoms with Gasteiger partial charge in [-0.05, 0) is 83.5 Å². The third-order valence-corrected chi connectivity index (χ3v) is 16.1. The molecule has 5 aromatic carbocycles. The maximum Gasteiger partial charge on any atom is -0.00711 e. The highest BCUT2D eigenvalue weighted by molar-refractivity contribution is 8.39. The van der Waals surface area contributed by atoms with E-state index in [9.17, 15) is 0 Å². The Morgan fingerprint density at radius 1 is 0.474 bits per heavy atom. The molecule has 0 aromatic heterocycles. The number of hydrogen-bond acceptors (Lipinski definition) is 0. The largest absolute Gasteiger partial charge is 0.0622 e. The standard InChI is InChI=1S/C36H36P2/c1-27-15-12-13-21-33(27)35-28(2)16-14-22-34(35)38(36(3,4)5)37(31-19-10-7-11-20-31)32-25-23-30(24-26-32)29-17-8-6-9-18-29/h6-26H,1-5H3/t37-,38+/m1/s1. The van der Waals surface area contributed by atoms with Crippen LogP contribution < -0.4 is 15.9 Å². The van der Waals surface area contributed by atoms with Crippen molar-refractivity contribution in [2.24, 2.45) is 0 Å². The summed E-state index contributed by atoms with van der Waals surface area (Å²) in [6.07, 6.45) is 0. The molecule has 5 rings (SSSR count). The monoisotopic (exact) mass is 530 g/mol. The number of benzene rings is 5. The Morgan fingerprint density at radius 2 is 1.00 bits per heavy atom. The zero-order valence-corrected chi connectivity index (χ0v) is 24.8. The molecule has 0 amide bonds. The molecule has 38 heavy (non-hydrogen) atoms. The van der Waals surface area contributed by atoms with Crippen LogP contribution in [0.3, 0.4) is 0 Å². The van der Waals surface area contributed by atoms with Crippen LogP contribution in [0.1, 0.15) is 31.9 Å². The van der Waals surface area contributed by atoms with Gasteiger partial charge in [0.1, 0.15) is 0 Å². The molecule has 0 saturated heterocycles. The molecule has 0 aliphatic rings. The molecule has 0 unspecified atom stereocenters. The van der Waals surface area contributed by atoms with Gasteiger partial charge in [-0.15, -0.1) is 0 Å². The molecule has 190 valence electrons. The van der Waals surface area contributed by atoms with Gasteiger partial charge in [0.25, 0.3) is 0 Å². The van der Waals surface area contributed by atoms with E-state index < -0.39 is 15.2 Å². The minimum absolute atomic E-state index is 0.111. The molecule has 0 aliphatic carbocycles. The summed E-state index contributed by atoms with van der Waals surface area (Å²) < 4.78 is 0. The van der Waals surface area contributed by atoms with Crippen molar-refractivity contribution in [3.63, 3.8) is 0 Å². The Balaban J connectivity index is 1.72. The molecule has 0 nitrogen and oxygen atoms in total. The number of hydrogen-bond donors (Lipinski definition) is 0. The predicted octanol–water partition coefficient (Wildman–Crippen LogP) is 9.59. The Morgan fingerprint density at radius 3 is 1.63 bits per heavy atom. The second kappa shape index (κ2) is 11.4. The van der Waals surface area contributed by atoms with Crippen LogP contribution in [0.2, 0.25) is 0 Å².